The van der Waals surface area contributed by atoms with Crippen molar-refractivity contribution in [1.82, 2.24) is 20.2 Å². The molecule has 2 heterocycles. The largest absolute Gasteiger partial charge is 0.385 e. The van der Waals surface area contributed by atoms with Crippen LogP contribution in [0.4, 0.5) is 0 Å². The number of hydrogen-bond acceptors (Lipinski definition) is 5. The summed E-state index contributed by atoms with van der Waals surface area (Å²) in [7, 11) is 2.00. The van der Waals surface area contributed by atoms with Crippen LogP contribution in [0.1, 0.15) is 73.8 Å². The normalized spacial score (nSPS) is 16.0. The van der Waals surface area contributed by atoms with Crippen LogP contribution >= 0.6 is 0 Å². The third-order valence-electron chi connectivity index (χ3n) is 6.96. The first-order chi connectivity index (χ1) is 18.1. The summed E-state index contributed by atoms with van der Waals surface area (Å²) in [5.74, 6) is 1.60. The van der Waals surface area contributed by atoms with Crippen LogP contribution in [-0.2, 0) is 19.5 Å². The second kappa shape index (κ2) is 13.2. The van der Waals surface area contributed by atoms with Gasteiger partial charge in [0.1, 0.15) is 17.4 Å². The predicted octanol–water partition coefficient (Wildman–Crippen LogP) is 5.25. The fourth-order valence-electron chi connectivity index (χ4n) is 4.84. The van der Waals surface area contributed by atoms with E-state index in [1.54, 1.807) is 0 Å². The van der Waals surface area contributed by atoms with E-state index >= 15 is 0 Å². The van der Waals surface area contributed by atoms with Gasteiger partial charge >= 0.3 is 0 Å². The third-order valence-corrected chi connectivity index (χ3v) is 6.96. The molecule has 1 aliphatic carbocycles. The Bertz CT molecular complexity index is 1180. The SMILES string of the molecule is C=C(CCCCCNC)NCc1ccc(Cn2c(CCCC)nc3c2C2=CC(C=CC=C2)N=C3N)cc1. The molecule has 2 bridgehead atoms. The van der Waals surface area contributed by atoms with Crippen LogP contribution in [0.2, 0.25) is 0 Å². The van der Waals surface area contributed by atoms with Crippen molar-refractivity contribution >= 4 is 11.4 Å². The quantitative estimate of drug-likeness (QED) is 0.311. The number of nitrogens with two attached hydrogens (primary N) is 1. The number of nitrogens with zero attached hydrogens (tertiary/aromatic N) is 3. The van der Waals surface area contributed by atoms with E-state index in [1.807, 2.05) is 13.1 Å². The van der Waals surface area contributed by atoms with Gasteiger partial charge in [-0.15, -0.1) is 0 Å². The number of rotatable bonds is 14. The monoisotopic (exact) mass is 498 g/mol. The Morgan fingerprint density at radius 2 is 1.89 bits per heavy atom. The Labute approximate surface area is 222 Å². The number of aromatic nitrogens is 2. The number of nitrogens with one attached hydrogen (secondary N) is 2. The molecule has 1 aromatic carbocycles. The fourth-order valence-corrected chi connectivity index (χ4v) is 4.84. The summed E-state index contributed by atoms with van der Waals surface area (Å²) in [4.78, 5) is 9.72. The van der Waals surface area contributed by atoms with Crippen molar-refractivity contribution in [2.24, 2.45) is 10.7 Å². The first kappa shape index (κ1) is 26.7. The molecule has 2 aromatic rings. The van der Waals surface area contributed by atoms with Gasteiger partial charge in [-0.3, -0.25) is 4.99 Å². The highest BCUT2D eigenvalue weighted by Gasteiger charge is 2.25. The van der Waals surface area contributed by atoms with E-state index in [2.05, 4.69) is 77.3 Å². The Kier molecular flexibility index (Phi) is 9.55. The van der Waals surface area contributed by atoms with Gasteiger partial charge in [-0.1, -0.05) is 74.9 Å². The van der Waals surface area contributed by atoms with Crippen LogP contribution in [0.5, 0.6) is 0 Å². The van der Waals surface area contributed by atoms with Crippen molar-refractivity contribution in [1.29, 1.82) is 0 Å². The lowest BCUT2D eigenvalue weighted by Gasteiger charge is -2.14. The average Bonchev–Trinajstić information content (AvgIpc) is 3.02. The van der Waals surface area contributed by atoms with Crippen molar-refractivity contribution < 1.29 is 0 Å². The maximum absolute atomic E-state index is 6.45. The first-order valence-electron chi connectivity index (χ1n) is 13.7. The molecule has 0 saturated carbocycles. The van der Waals surface area contributed by atoms with Crippen LogP contribution < -0.4 is 16.4 Å². The molecule has 1 aliphatic heterocycles. The molecule has 0 fully saturated rings. The molecule has 0 amide bonds. The van der Waals surface area contributed by atoms with E-state index in [4.69, 9.17) is 15.7 Å². The Hall–Kier alpha value is -3.38. The molecule has 1 unspecified atom stereocenters. The minimum atomic E-state index is -0.0541. The summed E-state index contributed by atoms with van der Waals surface area (Å²) in [6.07, 6.45) is 18.3. The van der Waals surface area contributed by atoms with Gasteiger partial charge in [-0.2, -0.15) is 0 Å². The molecule has 1 atom stereocenters. The smallest absolute Gasteiger partial charge is 0.147 e. The number of aliphatic imine (C=N–C) groups is 1. The minimum Gasteiger partial charge on any atom is -0.385 e. The van der Waals surface area contributed by atoms with Gasteiger partial charge in [0.15, 0.2) is 0 Å². The first-order valence-corrected chi connectivity index (χ1v) is 13.7. The van der Waals surface area contributed by atoms with E-state index in [0.717, 1.165) is 73.8 Å². The van der Waals surface area contributed by atoms with Crippen LogP contribution in [0.15, 0.2) is 71.9 Å². The molecule has 1 aromatic heterocycles. The summed E-state index contributed by atoms with van der Waals surface area (Å²) in [5, 5.41) is 6.70. The highest BCUT2D eigenvalue weighted by atomic mass is 15.1. The maximum Gasteiger partial charge on any atom is 0.147 e. The van der Waals surface area contributed by atoms with Gasteiger partial charge in [0, 0.05) is 25.2 Å². The van der Waals surface area contributed by atoms with Gasteiger partial charge in [0.05, 0.1) is 11.7 Å². The van der Waals surface area contributed by atoms with Crippen molar-refractivity contribution in [3.05, 3.63) is 95.3 Å². The summed E-state index contributed by atoms with van der Waals surface area (Å²) in [5.41, 5.74) is 13.1. The van der Waals surface area contributed by atoms with Gasteiger partial charge in [0.2, 0.25) is 0 Å². The number of imidazole rings is 1. The predicted molar refractivity (Wildman–Crippen MR) is 156 cm³/mol. The molecule has 0 saturated heterocycles. The number of amidine groups is 1. The lowest BCUT2D eigenvalue weighted by Crippen LogP contribution is -2.17. The zero-order valence-corrected chi connectivity index (χ0v) is 22.5. The molecule has 6 nitrogen and oxygen atoms in total. The molecule has 0 spiro atoms. The van der Waals surface area contributed by atoms with Gasteiger partial charge in [-0.25, -0.2) is 4.98 Å². The fraction of sp³-hybridized carbons (Fsp3) is 0.419. The highest BCUT2D eigenvalue weighted by Crippen LogP contribution is 2.29. The maximum atomic E-state index is 6.45. The lowest BCUT2D eigenvalue weighted by molar-refractivity contribution is 0.622. The van der Waals surface area contributed by atoms with Gasteiger partial charge in [0.25, 0.3) is 0 Å². The van der Waals surface area contributed by atoms with Crippen LogP contribution in [0.3, 0.4) is 0 Å². The van der Waals surface area contributed by atoms with E-state index < -0.39 is 0 Å². The Balaban J connectivity index is 1.46. The summed E-state index contributed by atoms with van der Waals surface area (Å²) < 4.78 is 2.35. The molecule has 196 valence electrons. The Morgan fingerprint density at radius 1 is 1.08 bits per heavy atom. The zero-order valence-electron chi connectivity index (χ0n) is 22.5. The van der Waals surface area contributed by atoms with Crippen molar-refractivity contribution in [3.8, 4) is 0 Å². The standard InChI is InChI=1S/C31H42N6/c1-4-5-14-28-36-29-30(26-12-8-9-13-27(20-26)35-31(29)32)37(28)22-25-17-15-24(16-18-25)21-34-23(2)11-7-6-10-19-33-3/h8-9,12-13,15-18,20,27,33-34H,2,4-7,10-11,14,19,21-22H2,1,3H3,(H2,32,35). The second-order valence-electron chi connectivity index (χ2n) is 9.97. The second-order valence-corrected chi connectivity index (χ2v) is 9.97. The van der Waals surface area contributed by atoms with Crippen LogP contribution in [0, 0.1) is 0 Å². The molecule has 4 rings (SSSR count). The van der Waals surface area contributed by atoms with E-state index in [0.29, 0.717) is 5.84 Å². The average molecular weight is 499 g/mol. The van der Waals surface area contributed by atoms with E-state index in [9.17, 15) is 0 Å². The summed E-state index contributed by atoms with van der Waals surface area (Å²) in [6, 6.07) is 8.82. The summed E-state index contributed by atoms with van der Waals surface area (Å²) in [6.45, 7) is 9.06. The van der Waals surface area contributed by atoms with Crippen LogP contribution in [-0.4, -0.2) is 35.0 Å². The number of allylic oxidation sites excluding steroid dienone is 5. The number of aryl methyl sites for hydroxylation is 1. The van der Waals surface area contributed by atoms with E-state index in [1.165, 1.54) is 30.4 Å². The number of unbranched alkanes of at least 4 members (excludes halogenated alkanes) is 3. The topological polar surface area (TPSA) is 80.3 Å². The van der Waals surface area contributed by atoms with Gasteiger partial charge in [-0.05, 0) is 62.1 Å². The lowest BCUT2D eigenvalue weighted by atomic mass is 10.1. The van der Waals surface area contributed by atoms with Crippen molar-refractivity contribution in [2.75, 3.05) is 13.6 Å². The summed E-state index contributed by atoms with van der Waals surface area (Å²) >= 11 is 0. The molecule has 37 heavy (non-hydrogen) atoms. The Morgan fingerprint density at radius 3 is 2.68 bits per heavy atom. The molecule has 6 heteroatoms. The van der Waals surface area contributed by atoms with Gasteiger partial charge < -0.3 is 20.9 Å². The van der Waals surface area contributed by atoms with Crippen molar-refractivity contribution in [3.63, 3.8) is 0 Å². The number of benzene rings is 1. The highest BCUT2D eigenvalue weighted by molar-refractivity contribution is 6.02. The molecular weight excluding hydrogens is 456 g/mol. The molecule has 4 N–H and O–H groups in total. The zero-order chi connectivity index (χ0) is 26.0. The third kappa shape index (κ3) is 7.10. The molecule has 2 aliphatic rings. The number of fused-ring (bicyclic) bond motifs is 3. The number of hydrogen-bond donors (Lipinski definition) is 3. The van der Waals surface area contributed by atoms with Crippen LogP contribution in [0.25, 0.3) is 5.57 Å². The molecule has 0 radical (unpaired) electrons. The van der Waals surface area contributed by atoms with E-state index in [-0.39, 0.29) is 6.04 Å². The molecular formula is C31H42N6. The van der Waals surface area contributed by atoms with Crippen molar-refractivity contribution in [2.45, 2.75) is 71.0 Å². The minimum absolute atomic E-state index is 0.0541.